The van der Waals surface area contributed by atoms with Crippen LogP contribution in [0, 0.1) is 17.8 Å². The summed E-state index contributed by atoms with van der Waals surface area (Å²) in [6.07, 6.45) is 9.36. The zero-order valence-corrected chi connectivity index (χ0v) is 88.1. The minimum absolute atomic E-state index is 0. The molecule has 133 heavy (non-hydrogen) atoms. The molecule has 0 radical (unpaired) electrons. The number of amides is 5. The van der Waals surface area contributed by atoms with E-state index >= 15 is 0 Å². The van der Waals surface area contributed by atoms with Gasteiger partial charge in [0.2, 0.25) is 12.4 Å². The lowest BCUT2D eigenvalue weighted by Crippen LogP contribution is -2.48. The molecular formula is C99H159BrF3N7O20S3. The Bertz CT molecular complexity index is 4290. The van der Waals surface area contributed by atoms with Crippen molar-refractivity contribution in [2.24, 2.45) is 22.7 Å². The second kappa shape index (κ2) is 57.6. The molecule has 7 atom stereocenters. The first-order valence-electron chi connectivity index (χ1n) is 45.5. The SMILES string of the molecule is Br.CC(C)C(N=C=O)C(=O)OC(C)(C)C.CCC1(c2cccc(O)c2)CCCCN(C(=O)OC(C)(C)C)C1.CCC1(c2cccc(O)c2)CCCCNC1.CCC1(c2cccc(OC(=O)NC(C(=O)O)C(C)C)c2)CCCCN(C(=O)OC(C)(C)C)C1.CCC1(c2cccc(OC(=O)NC(C(=O)OC(C)(C)C)C(C)C)c2)CCCCN(C(=O)OC(C)(C)C)C1.O=CC(F)(F)F.S.S.S. The molecule has 4 fully saturated rings. The molecule has 0 saturated carbocycles. The number of hydrogen-bond donors (Lipinski definition) is 6. The fourth-order valence-corrected chi connectivity index (χ4v) is 15.6. The molecule has 7 unspecified atom stereocenters. The molecular weight excluding hydrogens is 1840 g/mol. The summed E-state index contributed by atoms with van der Waals surface area (Å²) in [5.74, 6) is -1.24. The minimum atomic E-state index is -4.64. The van der Waals surface area contributed by atoms with Crippen molar-refractivity contribution in [3.63, 3.8) is 0 Å². The number of carbonyl (C=O) groups is 9. The van der Waals surface area contributed by atoms with E-state index in [1.165, 1.54) is 30.9 Å². The van der Waals surface area contributed by atoms with Crippen LogP contribution in [0.15, 0.2) is 102 Å². The molecule has 0 spiro atoms. The number of likely N-dealkylation sites (tertiary alicyclic amines) is 3. The minimum Gasteiger partial charge on any atom is -0.508 e. The Kier molecular flexibility index (Phi) is 54.8. The smallest absolute Gasteiger partial charge is 0.446 e. The lowest BCUT2D eigenvalue weighted by Gasteiger charge is -2.37. The van der Waals surface area contributed by atoms with E-state index < -0.39 is 88.7 Å². The molecule has 27 nitrogen and oxygen atoms in total. The van der Waals surface area contributed by atoms with Crippen molar-refractivity contribution < 1.29 is 110 Å². The summed E-state index contributed by atoms with van der Waals surface area (Å²) < 4.78 is 69.7. The van der Waals surface area contributed by atoms with Crippen LogP contribution in [0.2, 0.25) is 0 Å². The van der Waals surface area contributed by atoms with E-state index in [1.807, 2.05) is 142 Å². The first kappa shape index (κ1) is 127. The molecule has 5 amide bonds. The number of isocyanates is 1. The highest BCUT2D eigenvalue weighted by Crippen LogP contribution is 2.43. The topological polar surface area (TPSA) is 354 Å². The van der Waals surface area contributed by atoms with Gasteiger partial charge in [-0.15, -0.1) is 17.0 Å². The zero-order valence-electron chi connectivity index (χ0n) is 83.4. The Balaban J connectivity index is 0. The molecule has 0 aliphatic carbocycles. The van der Waals surface area contributed by atoms with Crippen molar-refractivity contribution >= 4 is 118 Å². The van der Waals surface area contributed by atoms with Gasteiger partial charge in [0.1, 0.15) is 63.1 Å². The van der Waals surface area contributed by atoms with Gasteiger partial charge in [0, 0.05) is 67.5 Å². The van der Waals surface area contributed by atoms with Gasteiger partial charge < -0.3 is 79.1 Å². The van der Waals surface area contributed by atoms with Crippen LogP contribution in [-0.2, 0) is 69.3 Å². The molecule has 6 N–H and O–H groups in total. The first-order valence-corrected chi connectivity index (χ1v) is 45.5. The van der Waals surface area contributed by atoms with E-state index in [1.54, 1.807) is 103 Å². The van der Waals surface area contributed by atoms with Crippen molar-refractivity contribution in [1.82, 2.24) is 30.7 Å². The highest BCUT2D eigenvalue weighted by Gasteiger charge is 2.43. The molecule has 8 rings (SSSR count). The van der Waals surface area contributed by atoms with E-state index in [4.69, 9.17) is 38.0 Å². The quantitative estimate of drug-likeness (QED) is 0.0167. The van der Waals surface area contributed by atoms with E-state index in [0.717, 1.165) is 120 Å². The van der Waals surface area contributed by atoms with E-state index in [-0.39, 0.29) is 121 Å². The van der Waals surface area contributed by atoms with Crippen LogP contribution in [0.5, 0.6) is 23.0 Å². The van der Waals surface area contributed by atoms with Crippen LogP contribution in [0.25, 0.3) is 0 Å². The number of hydrogen-bond acceptors (Lipinski definition) is 21. The number of carbonyl (C=O) groups excluding carboxylic acids is 9. The van der Waals surface area contributed by atoms with Gasteiger partial charge in [-0.25, -0.2) is 43.2 Å². The van der Waals surface area contributed by atoms with Crippen molar-refractivity contribution in [3.8, 4) is 23.0 Å². The lowest BCUT2D eigenvalue weighted by atomic mass is 9.74. The molecule has 4 aliphatic rings. The third kappa shape index (κ3) is 45.4. The Labute approximate surface area is 820 Å². The Morgan fingerprint density at radius 3 is 1.05 bits per heavy atom. The number of aldehydes is 1. The van der Waals surface area contributed by atoms with Gasteiger partial charge in [-0.2, -0.15) is 58.7 Å². The van der Waals surface area contributed by atoms with Gasteiger partial charge in [-0.3, -0.25) is 4.79 Å². The standard InChI is InChI=1S/C29H46N2O6.C25H38N2O6.C19H29NO3.C14H21NO.C10H17NO3.C2HF3O.BrH.3H2S/c1-10-29(16-11-12-17-31(19-29)26(34)37-28(7,8)9)21-14-13-15-22(18-21)35-25(33)30-23(20(2)3)24(32)36-27(4,5)6;1-7-25(13-8-9-14-27(16-25)23(31)33-24(4,5)6)18-11-10-12-19(15-18)32-22(30)26-20(17(2)3)21(28)29;1-5-19(15-9-8-10-16(21)13-15)11-6-7-12-20(14-19)17(22)23-18(2,3)4;1-2-14(8-3-4-9-15-11-14)12-6-5-7-13(16)10-12;1-7(2)8(11-6-12)9(13)14-10(3,4)5;3-2(4,5)1-6;;;;/h13-15,18,20,23H,10-12,16-17,19H2,1-9H3,(H,30,33);10-12,15,17,20H,7-9,13-14,16H2,1-6H3,(H,26,30)(H,28,29);8-10,13,21H,5-7,11-12,14H2,1-4H3;5-7,10,15-16H,2-4,8-9,11H2,1H3;7-8H,1-5H3;1H;1H;3*1H2. The van der Waals surface area contributed by atoms with Gasteiger partial charge in [0.15, 0.2) is 6.04 Å². The number of benzene rings is 4. The number of ether oxygens (including phenoxy) is 7. The van der Waals surface area contributed by atoms with Crippen LogP contribution >= 0.6 is 57.5 Å². The largest absolute Gasteiger partial charge is 0.508 e. The van der Waals surface area contributed by atoms with Gasteiger partial charge in [0.25, 0.3) is 0 Å². The van der Waals surface area contributed by atoms with Crippen molar-refractivity contribution in [1.29, 1.82) is 0 Å². The number of phenolic OH excluding ortho intramolecular Hbond substituents is 2. The number of aliphatic carboxylic acids is 1. The van der Waals surface area contributed by atoms with Gasteiger partial charge >= 0.3 is 54.6 Å². The summed E-state index contributed by atoms with van der Waals surface area (Å²) in [6, 6.07) is 27.4. The summed E-state index contributed by atoms with van der Waals surface area (Å²) in [7, 11) is 0. The number of carboxylic acids is 1. The average Bonchev–Trinajstić information content (AvgIpc) is 1.78. The molecule has 756 valence electrons. The number of rotatable bonds is 19. The fourth-order valence-electron chi connectivity index (χ4n) is 15.6. The second-order valence-electron chi connectivity index (χ2n) is 39.9. The molecule has 4 aliphatic heterocycles. The summed E-state index contributed by atoms with van der Waals surface area (Å²) in [6.45, 7) is 52.7. The van der Waals surface area contributed by atoms with Gasteiger partial charge in [0.05, 0.1) is 0 Å². The molecule has 4 aromatic rings. The molecule has 0 aromatic heterocycles. The van der Waals surface area contributed by atoms with Crippen LogP contribution in [0.4, 0.5) is 37.1 Å². The number of nitrogens with one attached hydrogen (secondary N) is 3. The monoisotopic (exact) mass is 2000 g/mol. The normalized spacial score (nSPS) is 19.4. The van der Waals surface area contributed by atoms with Crippen LogP contribution < -0.4 is 25.4 Å². The van der Waals surface area contributed by atoms with E-state index in [9.17, 15) is 71.6 Å². The first-order chi connectivity index (χ1) is 59.8. The lowest BCUT2D eigenvalue weighted by molar-refractivity contribution is -0.159. The number of phenols is 2. The summed E-state index contributed by atoms with van der Waals surface area (Å²) >= 11 is 0. The predicted molar refractivity (Wildman–Crippen MR) is 534 cm³/mol. The zero-order chi connectivity index (χ0) is 97.9. The Morgan fingerprint density at radius 2 is 0.759 bits per heavy atom. The highest BCUT2D eigenvalue weighted by molar-refractivity contribution is 8.93. The van der Waals surface area contributed by atoms with E-state index in [2.05, 4.69) is 60.8 Å². The second-order valence-corrected chi connectivity index (χ2v) is 39.9. The van der Waals surface area contributed by atoms with Crippen molar-refractivity contribution in [2.45, 2.75) is 350 Å². The number of aliphatic imine (C=N–C) groups is 1. The summed E-state index contributed by atoms with van der Waals surface area (Å²) in [5, 5.41) is 37.3. The number of esters is 2. The van der Waals surface area contributed by atoms with Crippen LogP contribution in [0.3, 0.4) is 0 Å². The highest BCUT2D eigenvalue weighted by atomic mass is 79.9. The maximum atomic E-state index is 12.9. The number of aromatic hydroxyl groups is 2. The maximum absolute atomic E-state index is 12.9. The third-order valence-electron chi connectivity index (χ3n) is 22.5. The van der Waals surface area contributed by atoms with Gasteiger partial charge in [-0.1, -0.05) is 143 Å². The van der Waals surface area contributed by atoms with Crippen molar-refractivity contribution in [3.05, 3.63) is 119 Å². The maximum Gasteiger partial charge on any atom is 0.446 e. The van der Waals surface area contributed by atoms with Crippen molar-refractivity contribution in [2.75, 3.05) is 52.4 Å². The molecule has 34 heteroatoms. The molecule has 0 bridgehead atoms. The Hall–Kier alpha value is -8.43. The summed E-state index contributed by atoms with van der Waals surface area (Å²) in [5.41, 5.74) is 1.05. The number of alkyl halides is 3. The number of nitrogens with zero attached hydrogens (tertiary/aromatic N) is 4. The predicted octanol–water partition coefficient (Wildman–Crippen LogP) is 21.8. The fraction of sp³-hybridized carbons (Fsp3) is 0.657. The number of halogens is 4. The third-order valence-corrected chi connectivity index (χ3v) is 22.5. The van der Waals surface area contributed by atoms with E-state index in [0.29, 0.717) is 50.0 Å². The Morgan fingerprint density at radius 1 is 0.459 bits per heavy atom. The van der Waals surface area contributed by atoms with Crippen LogP contribution in [0.1, 0.15) is 298 Å². The molecule has 4 saturated heterocycles. The van der Waals surface area contributed by atoms with Gasteiger partial charge in [-0.05, 0) is 276 Å². The number of carboxylic acid groups (broad SMARTS) is 1. The molecule has 4 aromatic carbocycles. The summed E-state index contributed by atoms with van der Waals surface area (Å²) in [4.78, 5) is 126. The van der Waals surface area contributed by atoms with Crippen LogP contribution in [-0.4, -0.2) is 195 Å². The average molecular weight is 2000 g/mol. The molecule has 4 heterocycles.